The van der Waals surface area contributed by atoms with Crippen molar-refractivity contribution in [3.05, 3.63) is 28.2 Å². The van der Waals surface area contributed by atoms with Crippen LogP contribution in [0.15, 0.2) is 22.7 Å². The van der Waals surface area contributed by atoms with E-state index in [1.165, 1.54) is 12.1 Å². The second kappa shape index (κ2) is 7.56. The third-order valence-electron chi connectivity index (χ3n) is 2.45. The van der Waals surface area contributed by atoms with E-state index in [4.69, 9.17) is 4.74 Å². The van der Waals surface area contributed by atoms with E-state index >= 15 is 0 Å². The lowest BCUT2D eigenvalue weighted by atomic mass is 10.2. The van der Waals surface area contributed by atoms with E-state index in [1.54, 1.807) is 13.0 Å². The first kappa shape index (κ1) is 17.6. The number of hydrogen-bond donors (Lipinski definition) is 1. The number of anilines is 1. The van der Waals surface area contributed by atoms with E-state index in [-0.39, 0.29) is 18.8 Å². The molecule has 0 aromatic heterocycles. The summed E-state index contributed by atoms with van der Waals surface area (Å²) in [5, 5.41) is 2.58. The van der Waals surface area contributed by atoms with Gasteiger partial charge in [0.25, 0.3) is 0 Å². The van der Waals surface area contributed by atoms with Crippen LogP contribution in [0, 0.1) is 0 Å². The standard InChI is InChI=1S/C13H16BrNO5S/c1-3-20-13(17)9-4-5-11(10(14)8-9)15-12(16)6-7-21(2,18)19/h4-5,8H,3,6-7H2,1-2H3,(H,15,16). The molecule has 8 heteroatoms. The number of ether oxygens (including phenoxy) is 1. The second-order valence-corrected chi connectivity index (χ2v) is 7.46. The van der Waals surface area contributed by atoms with Gasteiger partial charge in [-0.1, -0.05) is 0 Å². The van der Waals surface area contributed by atoms with Crippen LogP contribution >= 0.6 is 15.9 Å². The normalized spacial score (nSPS) is 11.0. The minimum Gasteiger partial charge on any atom is -0.462 e. The fourth-order valence-electron chi connectivity index (χ4n) is 1.45. The molecule has 0 spiro atoms. The number of nitrogens with one attached hydrogen (secondary N) is 1. The van der Waals surface area contributed by atoms with Crippen LogP contribution in [0.4, 0.5) is 5.69 Å². The number of benzene rings is 1. The maximum Gasteiger partial charge on any atom is 0.338 e. The summed E-state index contributed by atoms with van der Waals surface area (Å²) < 4.78 is 27.4. The third-order valence-corrected chi connectivity index (χ3v) is 4.06. The van der Waals surface area contributed by atoms with E-state index in [0.29, 0.717) is 15.7 Å². The summed E-state index contributed by atoms with van der Waals surface area (Å²) in [6.45, 7) is 1.99. The fraction of sp³-hybridized carbons (Fsp3) is 0.385. The van der Waals surface area contributed by atoms with Crippen molar-refractivity contribution in [1.82, 2.24) is 0 Å². The second-order valence-electron chi connectivity index (χ2n) is 4.34. The third kappa shape index (κ3) is 6.26. The van der Waals surface area contributed by atoms with Crippen LogP contribution in [-0.2, 0) is 19.4 Å². The number of sulfone groups is 1. The predicted molar refractivity (Wildman–Crippen MR) is 83.1 cm³/mol. The topological polar surface area (TPSA) is 89.5 Å². The van der Waals surface area contributed by atoms with Crippen LogP contribution < -0.4 is 5.32 Å². The lowest BCUT2D eigenvalue weighted by Gasteiger charge is -2.09. The molecular weight excluding hydrogens is 362 g/mol. The molecule has 0 radical (unpaired) electrons. The Hall–Kier alpha value is -1.41. The van der Waals surface area contributed by atoms with Crippen molar-refractivity contribution in [3.8, 4) is 0 Å². The van der Waals surface area contributed by atoms with E-state index in [2.05, 4.69) is 21.2 Å². The van der Waals surface area contributed by atoms with Crippen molar-refractivity contribution in [1.29, 1.82) is 0 Å². The predicted octanol–water partition coefficient (Wildman–Crippen LogP) is 2.00. The molecule has 116 valence electrons. The molecule has 1 amide bonds. The Bertz CT molecular complexity index is 642. The first-order valence-corrected chi connectivity index (χ1v) is 9.02. The van der Waals surface area contributed by atoms with Crippen molar-refractivity contribution in [2.24, 2.45) is 0 Å². The molecule has 0 saturated carbocycles. The molecule has 1 rings (SSSR count). The maximum atomic E-state index is 11.6. The van der Waals surface area contributed by atoms with Gasteiger partial charge in [-0.25, -0.2) is 13.2 Å². The first-order valence-electron chi connectivity index (χ1n) is 6.17. The number of carbonyl (C=O) groups is 2. The molecule has 0 aliphatic rings. The monoisotopic (exact) mass is 377 g/mol. The average Bonchev–Trinajstić information content (AvgIpc) is 2.38. The van der Waals surface area contributed by atoms with E-state index in [0.717, 1.165) is 6.26 Å². The Morgan fingerprint density at radius 3 is 2.52 bits per heavy atom. The lowest BCUT2D eigenvalue weighted by molar-refractivity contribution is -0.115. The number of esters is 1. The summed E-state index contributed by atoms with van der Waals surface area (Å²) in [6, 6.07) is 4.60. The van der Waals surface area contributed by atoms with Gasteiger partial charge in [-0.2, -0.15) is 0 Å². The van der Waals surface area contributed by atoms with Crippen molar-refractivity contribution in [2.45, 2.75) is 13.3 Å². The highest BCUT2D eigenvalue weighted by atomic mass is 79.9. The molecule has 0 saturated heterocycles. The first-order chi connectivity index (χ1) is 9.73. The number of hydrogen-bond acceptors (Lipinski definition) is 5. The number of amides is 1. The molecule has 1 N–H and O–H groups in total. The molecule has 0 aliphatic heterocycles. The highest BCUT2D eigenvalue weighted by molar-refractivity contribution is 9.10. The molecule has 0 unspecified atom stereocenters. The summed E-state index contributed by atoms with van der Waals surface area (Å²) >= 11 is 3.24. The van der Waals surface area contributed by atoms with Crippen molar-refractivity contribution in [3.63, 3.8) is 0 Å². The van der Waals surface area contributed by atoms with Gasteiger partial charge in [0, 0.05) is 17.1 Å². The quantitative estimate of drug-likeness (QED) is 0.765. The van der Waals surface area contributed by atoms with Crippen LogP contribution in [0.3, 0.4) is 0 Å². The van der Waals surface area contributed by atoms with Crippen LogP contribution in [0.25, 0.3) is 0 Å². The molecule has 1 aromatic carbocycles. The van der Waals surface area contributed by atoms with Crippen molar-refractivity contribution in [2.75, 3.05) is 23.9 Å². The van der Waals surface area contributed by atoms with E-state index in [9.17, 15) is 18.0 Å². The Balaban J connectivity index is 2.72. The van der Waals surface area contributed by atoms with Crippen LogP contribution in [0.2, 0.25) is 0 Å². The molecule has 0 heterocycles. The largest absolute Gasteiger partial charge is 0.462 e. The molecule has 6 nitrogen and oxygen atoms in total. The van der Waals surface area contributed by atoms with Crippen molar-refractivity contribution < 1.29 is 22.7 Å². The minimum absolute atomic E-state index is 0.120. The van der Waals surface area contributed by atoms with Crippen LogP contribution in [0.5, 0.6) is 0 Å². The van der Waals surface area contributed by atoms with E-state index in [1.807, 2.05) is 0 Å². The highest BCUT2D eigenvalue weighted by Gasteiger charge is 2.12. The maximum absolute atomic E-state index is 11.6. The van der Waals surface area contributed by atoms with Crippen LogP contribution in [0.1, 0.15) is 23.7 Å². The lowest BCUT2D eigenvalue weighted by Crippen LogP contribution is -2.17. The molecule has 0 bridgehead atoms. The Morgan fingerprint density at radius 1 is 1.33 bits per heavy atom. The number of rotatable bonds is 6. The zero-order valence-corrected chi connectivity index (χ0v) is 14.1. The van der Waals surface area contributed by atoms with Crippen LogP contribution in [-0.4, -0.2) is 38.9 Å². The minimum atomic E-state index is -3.18. The fourth-order valence-corrected chi connectivity index (χ4v) is 2.48. The summed E-state index contributed by atoms with van der Waals surface area (Å²) in [5.41, 5.74) is 0.819. The van der Waals surface area contributed by atoms with Gasteiger partial charge in [0.1, 0.15) is 9.84 Å². The zero-order chi connectivity index (χ0) is 16.0. The molecule has 0 fully saturated rings. The number of carbonyl (C=O) groups excluding carboxylic acids is 2. The van der Waals surface area contributed by atoms with E-state index < -0.39 is 21.7 Å². The summed E-state index contributed by atoms with van der Waals surface area (Å²) in [6.07, 6.45) is 0.954. The molecule has 21 heavy (non-hydrogen) atoms. The van der Waals surface area contributed by atoms with Gasteiger partial charge in [-0.05, 0) is 41.1 Å². The Kier molecular flexibility index (Phi) is 6.35. The Morgan fingerprint density at radius 2 is 2.00 bits per heavy atom. The molecule has 0 aliphatic carbocycles. The Labute approximate surface area is 131 Å². The summed E-state index contributed by atoms with van der Waals surface area (Å²) in [5.74, 6) is -1.07. The molecular formula is C13H16BrNO5S. The smallest absolute Gasteiger partial charge is 0.338 e. The highest BCUT2D eigenvalue weighted by Crippen LogP contribution is 2.24. The van der Waals surface area contributed by atoms with Gasteiger partial charge in [0.15, 0.2) is 0 Å². The average molecular weight is 378 g/mol. The molecule has 1 aromatic rings. The van der Waals surface area contributed by atoms with Gasteiger partial charge in [0.05, 0.1) is 23.6 Å². The summed E-state index contributed by atoms with van der Waals surface area (Å²) in [7, 11) is -3.18. The van der Waals surface area contributed by atoms with Gasteiger partial charge in [0.2, 0.25) is 5.91 Å². The van der Waals surface area contributed by atoms with Gasteiger partial charge >= 0.3 is 5.97 Å². The zero-order valence-electron chi connectivity index (χ0n) is 11.7. The van der Waals surface area contributed by atoms with Gasteiger partial charge < -0.3 is 10.1 Å². The number of halogens is 1. The van der Waals surface area contributed by atoms with Gasteiger partial charge in [-0.3, -0.25) is 4.79 Å². The summed E-state index contributed by atoms with van der Waals surface area (Å²) in [4.78, 5) is 23.2. The van der Waals surface area contributed by atoms with Crippen molar-refractivity contribution >= 4 is 43.3 Å². The van der Waals surface area contributed by atoms with Gasteiger partial charge in [-0.15, -0.1) is 0 Å². The SMILES string of the molecule is CCOC(=O)c1ccc(NC(=O)CCS(C)(=O)=O)c(Br)c1. The molecule has 0 atom stereocenters.